The second-order valence-corrected chi connectivity index (χ2v) is 14.8. The third kappa shape index (κ3) is 14.7. The average molecular weight is 902 g/mol. The molecule has 0 aliphatic rings. The van der Waals surface area contributed by atoms with Crippen LogP contribution in [0.25, 0.3) is 32.7 Å². The van der Waals surface area contributed by atoms with Crippen molar-refractivity contribution in [3.05, 3.63) is 123 Å². The van der Waals surface area contributed by atoms with Gasteiger partial charge in [0.15, 0.2) is 0 Å². The minimum atomic E-state index is -1.61. The molecule has 4 nitrogen and oxygen atoms in total. The van der Waals surface area contributed by atoms with Crippen LogP contribution in [0.1, 0.15) is 16.7 Å². The summed E-state index contributed by atoms with van der Waals surface area (Å²) < 4.78 is 1.08. The maximum absolute atomic E-state index is 5.87. The van der Waals surface area contributed by atoms with Gasteiger partial charge in [-0.3, -0.25) is 0 Å². The second kappa shape index (κ2) is 21.2. The van der Waals surface area contributed by atoms with Crippen molar-refractivity contribution >= 4 is 166 Å². The van der Waals surface area contributed by atoms with Gasteiger partial charge in [-0.2, -0.15) is 0 Å². The second-order valence-electron chi connectivity index (χ2n) is 8.83. The minimum absolute atomic E-state index is 0.549. The van der Waals surface area contributed by atoms with E-state index in [0.29, 0.717) is 15.5 Å². The summed E-state index contributed by atoms with van der Waals surface area (Å²) in [6.45, 7) is 2.04. The number of fused-ring (bicyclic) bond motifs is 3. The first kappa shape index (κ1) is 41.3. The Hall–Kier alpha value is -0.905. The number of para-hydroxylation sites is 3. The fraction of sp³-hybridized carbons (Fsp3) is 0.129. The number of benzene rings is 3. The third-order valence-electron chi connectivity index (χ3n) is 5.72. The van der Waals surface area contributed by atoms with E-state index in [0.717, 1.165) is 38.0 Å². The first-order chi connectivity index (χ1) is 21.8. The number of rotatable bonds is 2. The average Bonchev–Trinajstić information content (AvgIpc) is 3.00. The molecule has 0 saturated heterocycles. The molecule has 0 bridgehead atoms. The molecule has 0 fully saturated rings. The zero-order valence-corrected chi connectivity index (χ0v) is 33.1. The zero-order chi connectivity index (χ0) is 34.3. The molecule has 0 saturated carbocycles. The van der Waals surface area contributed by atoms with Gasteiger partial charge in [0.25, 0.3) is 3.25 Å². The summed E-state index contributed by atoms with van der Waals surface area (Å²) in [6, 6.07) is 29.6. The number of alkyl halides is 6. The molecule has 1 radical (unpaired) electrons. The Bertz CT molecular complexity index is 1790. The van der Waals surface area contributed by atoms with Crippen molar-refractivity contribution in [2.24, 2.45) is 4.30 Å². The zero-order valence-electron chi connectivity index (χ0n) is 23.8. The van der Waals surface area contributed by atoms with Crippen LogP contribution in [0.3, 0.4) is 0 Å². The normalized spacial score (nSPS) is 10.3. The maximum atomic E-state index is 5.87. The molecule has 46 heavy (non-hydrogen) atoms. The Morgan fingerprint density at radius 3 is 1.26 bits per heavy atom. The van der Waals surface area contributed by atoms with Crippen LogP contribution in [-0.4, -0.2) is 25.8 Å². The van der Waals surface area contributed by atoms with Crippen LogP contribution in [0.2, 0.25) is 15.5 Å². The summed E-state index contributed by atoms with van der Waals surface area (Å²) >= 11 is 46.9. The van der Waals surface area contributed by atoms with Gasteiger partial charge in [0.1, 0.15) is 15.5 Å². The van der Waals surface area contributed by atoms with Crippen LogP contribution in [-0.2, 0) is 10.7 Å². The molecule has 0 amide bonds. The fourth-order valence-electron chi connectivity index (χ4n) is 3.95. The van der Waals surface area contributed by atoms with Gasteiger partial charge >= 0.3 is 24.8 Å². The molecule has 3 aromatic carbocycles. The van der Waals surface area contributed by atoms with E-state index in [1.54, 1.807) is 0 Å². The summed E-state index contributed by atoms with van der Waals surface area (Å²) in [5.41, 5.74) is 6.38. The van der Waals surface area contributed by atoms with Crippen LogP contribution < -0.4 is 0 Å². The van der Waals surface area contributed by atoms with Gasteiger partial charge < -0.3 is 0 Å². The number of nitrogens with zero attached hydrogens (tertiary/aromatic N) is 4. The first-order valence-corrected chi connectivity index (χ1v) is 18.1. The number of hydrogen-bond donors (Lipinski definition) is 1. The fourth-order valence-corrected chi connectivity index (χ4v) is 5.58. The Morgan fingerprint density at radius 1 is 0.630 bits per heavy atom. The van der Waals surface area contributed by atoms with Gasteiger partial charge in [0.2, 0.25) is 0 Å². The predicted octanol–water partition coefficient (Wildman–Crippen LogP) is 13.5. The molecule has 6 rings (SSSR count). The molecule has 15 heteroatoms. The molecule has 6 aromatic rings. The summed E-state index contributed by atoms with van der Waals surface area (Å²) in [4.78, 5) is 12.7. The third-order valence-corrected chi connectivity index (χ3v) is 7.51. The molecule has 239 valence electrons. The molecular weight excluding hydrogens is 879 g/mol. The van der Waals surface area contributed by atoms with Gasteiger partial charge in [0.05, 0.1) is 16.6 Å². The van der Waals surface area contributed by atoms with Crippen LogP contribution in [0, 0.1) is 6.92 Å². The molecular formula is C31H23BBr2Cl7N4S. The number of thiol groups is 1. The molecule has 0 aliphatic carbocycles. The summed E-state index contributed by atoms with van der Waals surface area (Å²) in [7, 11) is 4.34. The van der Waals surface area contributed by atoms with Crippen molar-refractivity contribution in [2.75, 3.05) is 0 Å². The Balaban J connectivity index is 0.000000215. The number of halogens is 9. The standard InChI is InChI=1S/2C10H7BrClN.C10H8ClN.CCl4.BHNS/c2*11-6-7-5-10(12)13-9-4-2-1-3-8(7)9;1-7-6-10(11)12-9-5-3-2-4-8(7)9;2-1(3,4)5;1-2-3/h2*1-5H,6H2;2-6H,1H3;;3H. The molecule has 0 N–H and O–H groups in total. The van der Waals surface area contributed by atoms with E-state index in [1.165, 1.54) is 22.1 Å². The van der Waals surface area contributed by atoms with Crippen LogP contribution in [0.5, 0.6) is 0 Å². The van der Waals surface area contributed by atoms with Crippen molar-refractivity contribution in [2.45, 2.75) is 20.8 Å². The van der Waals surface area contributed by atoms with E-state index in [-0.39, 0.29) is 0 Å². The monoisotopic (exact) mass is 897 g/mol. The molecule has 0 atom stereocenters. The SMILES string of the molecule is Cc1cc(Cl)nc2ccccc12.ClC(Cl)(Cl)Cl.Clc1cc(CBr)c2ccccc2n1.Clc1cc(CBr)c2ccccc2n1.[B]=NS. The van der Waals surface area contributed by atoms with E-state index in [1.807, 2.05) is 85.8 Å². The summed E-state index contributed by atoms with van der Waals surface area (Å²) in [5, 5.41) is 6.74. The van der Waals surface area contributed by atoms with Crippen molar-refractivity contribution in [1.82, 2.24) is 15.0 Å². The van der Waals surface area contributed by atoms with E-state index >= 15 is 0 Å². The van der Waals surface area contributed by atoms with E-state index < -0.39 is 3.25 Å². The number of aryl methyl sites for hydroxylation is 1. The molecule has 3 heterocycles. The predicted molar refractivity (Wildman–Crippen MR) is 214 cm³/mol. The van der Waals surface area contributed by atoms with Crippen molar-refractivity contribution < 1.29 is 0 Å². The van der Waals surface area contributed by atoms with Gasteiger partial charge in [-0.25, -0.2) is 15.0 Å². The first-order valence-electron chi connectivity index (χ1n) is 12.8. The molecule has 0 spiro atoms. The Morgan fingerprint density at radius 2 is 0.913 bits per heavy atom. The molecule has 0 unspecified atom stereocenters. The summed E-state index contributed by atoms with van der Waals surface area (Å²) in [6.07, 6.45) is 0. The van der Waals surface area contributed by atoms with Crippen LogP contribution in [0.15, 0.2) is 95.3 Å². The van der Waals surface area contributed by atoms with Crippen LogP contribution in [0.4, 0.5) is 0 Å². The van der Waals surface area contributed by atoms with Crippen LogP contribution >= 0.6 is 126 Å². The van der Waals surface area contributed by atoms with Crippen molar-refractivity contribution in [3.8, 4) is 0 Å². The number of aromatic nitrogens is 3. The Labute approximate surface area is 326 Å². The van der Waals surface area contributed by atoms with Gasteiger partial charge in [0, 0.05) is 26.8 Å². The topological polar surface area (TPSA) is 51.0 Å². The van der Waals surface area contributed by atoms with Crippen molar-refractivity contribution in [1.29, 1.82) is 0 Å². The van der Waals surface area contributed by atoms with Gasteiger partial charge in [-0.1, -0.05) is 168 Å². The summed E-state index contributed by atoms with van der Waals surface area (Å²) in [5.74, 6) is 0. The molecule has 0 aliphatic heterocycles. The molecule has 3 aromatic heterocycles. The van der Waals surface area contributed by atoms with E-state index in [9.17, 15) is 0 Å². The van der Waals surface area contributed by atoms with Crippen molar-refractivity contribution in [3.63, 3.8) is 0 Å². The number of pyridine rings is 3. The quantitative estimate of drug-likeness (QED) is 0.0815. The van der Waals surface area contributed by atoms with Gasteiger partial charge in [-0.05, 0) is 60.0 Å². The Kier molecular flexibility index (Phi) is 19.1. The number of hydrogen-bond acceptors (Lipinski definition) is 5. The van der Waals surface area contributed by atoms with E-state index in [4.69, 9.17) is 81.2 Å². The van der Waals surface area contributed by atoms with Gasteiger partial charge in [-0.15, -0.1) is 0 Å². The van der Waals surface area contributed by atoms with E-state index in [2.05, 4.69) is 83.7 Å².